The lowest BCUT2D eigenvalue weighted by Gasteiger charge is -2.21. The molecule has 0 spiro atoms. The minimum Gasteiger partial charge on any atom is -0.512 e. The van der Waals surface area contributed by atoms with Gasteiger partial charge in [0.05, 0.1) is 29.5 Å². The number of aromatic nitrogens is 3. The standard InChI is InChI=1S/C16H15N3O/c1-10-13-9-18-19(12-3-2-6-17-8-12)14(13)7-11-4-5-15(20)16(10)11/h2-3,6-10,20H,4-5H2,1H3/t10-/m0/s1. The molecule has 4 heteroatoms. The molecule has 0 amide bonds. The zero-order valence-corrected chi connectivity index (χ0v) is 11.2. The molecule has 1 N–H and O–H groups in total. The van der Waals surface area contributed by atoms with E-state index in [9.17, 15) is 5.11 Å². The van der Waals surface area contributed by atoms with Gasteiger partial charge in [-0.05, 0) is 30.2 Å². The van der Waals surface area contributed by atoms with E-state index in [0.717, 1.165) is 29.8 Å². The molecule has 100 valence electrons. The summed E-state index contributed by atoms with van der Waals surface area (Å²) < 4.78 is 1.93. The van der Waals surface area contributed by atoms with E-state index in [0.29, 0.717) is 5.76 Å². The summed E-state index contributed by atoms with van der Waals surface area (Å²) in [6, 6.07) is 3.91. The Morgan fingerprint density at radius 3 is 3.00 bits per heavy atom. The molecule has 2 aromatic rings. The van der Waals surface area contributed by atoms with Crippen LogP contribution >= 0.6 is 0 Å². The fraction of sp³-hybridized carbons (Fsp3) is 0.250. The normalized spacial score (nSPS) is 20.6. The second-order valence-corrected chi connectivity index (χ2v) is 5.36. The molecule has 4 rings (SSSR count). The number of fused-ring (bicyclic) bond motifs is 2. The van der Waals surface area contributed by atoms with Gasteiger partial charge in [-0.2, -0.15) is 5.10 Å². The second-order valence-electron chi connectivity index (χ2n) is 5.36. The van der Waals surface area contributed by atoms with Crippen molar-refractivity contribution in [1.82, 2.24) is 14.8 Å². The van der Waals surface area contributed by atoms with Gasteiger partial charge < -0.3 is 5.11 Å². The van der Waals surface area contributed by atoms with Crippen molar-refractivity contribution in [3.8, 4) is 5.69 Å². The van der Waals surface area contributed by atoms with Crippen LogP contribution in [0.5, 0.6) is 0 Å². The van der Waals surface area contributed by atoms with Crippen molar-refractivity contribution >= 4 is 6.08 Å². The Kier molecular flexibility index (Phi) is 2.33. The van der Waals surface area contributed by atoms with Gasteiger partial charge in [0.15, 0.2) is 0 Å². The summed E-state index contributed by atoms with van der Waals surface area (Å²) in [4.78, 5) is 4.16. The number of aliphatic hydroxyl groups is 1. The Hall–Kier alpha value is -2.36. The smallest absolute Gasteiger partial charge is 0.0966 e. The highest BCUT2D eigenvalue weighted by Gasteiger charge is 2.32. The van der Waals surface area contributed by atoms with Gasteiger partial charge in [-0.1, -0.05) is 6.92 Å². The first kappa shape index (κ1) is 11.5. The summed E-state index contributed by atoms with van der Waals surface area (Å²) >= 11 is 0. The van der Waals surface area contributed by atoms with Crippen LogP contribution in [0.1, 0.15) is 36.9 Å². The lowest BCUT2D eigenvalue weighted by molar-refractivity contribution is 0.390. The fourth-order valence-electron chi connectivity index (χ4n) is 3.24. The predicted molar refractivity (Wildman–Crippen MR) is 76.6 cm³/mol. The number of nitrogens with zero attached hydrogens (tertiary/aromatic N) is 3. The minimum absolute atomic E-state index is 0.206. The van der Waals surface area contributed by atoms with E-state index in [1.165, 1.54) is 11.1 Å². The van der Waals surface area contributed by atoms with Gasteiger partial charge in [-0.25, -0.2) is 4.68 Å². The summed E-state index contributed by atoms with van der Waals surface area (Å²) in [5.41, 5.74) is 5.59. The summed E-state index contributed by atoms with van der Waals surface area (Å²) in [6.07, 6.45) is 9.32. The zero-order chi connectivity index (χ0) is 13.7. The first-order valence-corrected chi connectivity index (χ1v) is 6.87. The maximum absolute atomic E-state index is 10.0. The number of hydrogen-bond donors (Lipinski definition) is 1. The van der Waals surface area contributed by atoms with E-state index in [2.05, 4.69) is 23.1 Å². The number of pyridine rings is 1. The molecule has 0 fully saturated rings. The Labute approximate surface area is 117 Å². The molecule has 20 heavy (non-hydrogen) atoms. The Bertz CT molecular complexity index is 740. The van der Waals surface area contributed by atoms with Crippen LogP contribution in [-0.4, -0.2) is 19.9 Å². The maximum Gasteiger partial charge on any atom is 0.0966 e. The van der Waals surface area contributed by atoms with Crippen molar-refractivity contribution in [2.75, 3.05) is 0 Å². The molecular weight excluding hydrogens is 250 g/mol. The van der Waals surface area contributed by atoms with Crippen molar-refractivity contribution < 1.29 is 5.11 Å². The number of aliphatic hydroxyl groups excluding tert-OH is 1. The molecule has 0 saturated heterocycles. The molecular formula is C16H15N3O. The maximum atomic E-state index is 10.0. The number of rotatable bonds is 1. The van der Waals surface area contributed by atoms with Gasteiger partial charge in [0.25, 0.3) is 0 Å². The largest absolute Gasteiger partial charge is 0.512 e. The van der Waals surface area contributed by atoms with Gasteiger partial charge in [0.1, 0.15) is 0 Å². The summed E-state index contributed by atoms with van der Waals surface area (Å²) in [5, 5.41) is 14.5. The molecule has 0 bridgehead atoms. The van der Waals surface area contributed by atoms with Crippen molar-refractivity contribution in [3.63, 3.8) is 0 Å². The molecule has 0 saturated carbocycles. The Balaban J connectivity index is 1.91. The molecule has 2 heterocycles. The van der Waals surface area contributed by atoms with Gasteiger partial charge in [-0.3, -0.25) is 4.98 Å². The highest BCUT2D eigenvalue weighted by atomic mass is 16.3. The third kappa shape index (κ3) is 1.48. The fourth-order valence-corrected chi connectivity index (χ4v) is 3.24. The highest BCUT2D eigenvalue weighted by Crippen LogP contribution is 2.45. The van der Waals surface area contributed by atoms with Crippen LogP contribution in [0, 0.1) is 0 Å². The van der Waals surface area contributed by atoms with Crippen LogP contribution in [0.25, 0.3) is 11.8 Å². The quantitative estimate of drug-likeness (QED) is 0.860. The first-order valence-electron chi connectivity index (χ1n) is 6.87. The summed E-state index contributed by atoms with van der Waals surface area (Å²) in [5.74, 6) is 0.751. The van der Waals surface area contributed by atoms with E-state index in [4.69, 9.17) is 0 Å². The molecule has 0 aromatic carbocycles. The number of allylic oxidation sites excluding steroid dienone is 3. The summed E-state index contributed by atoms with van der Waals surface area (Å²) in [6.45, 7) is 2.14. The molecule has 0 radical (unpaired) electrons. The van der Waals surface area contributed by atoms with Crippen LogP contribution in [0.2, 0.25) is 0 Å². The SMILES string of the molecule is C[C@@H]1C2=C(O)CCC2=Cc2c1cnn2-c1cccnc1. The first-order chi connectivity index (χ1) is 9.75. The monoisotopic (exact) mass is 265 g/mol. The third-order valence-corrected chi connectivity index (χ3v) is 4.23. The lowest BCUT2D eigenvalue weighted by atomic mass is 9.84. The van der Waals surface area contributed by atoms with Crippen LogP contribution in [0.4, 0.5) is 0 Å². The highest BCUT2D eigenvalue weighted by molar-refractivity contribution is 5.69. The average molecular weight is 265 g/mol. The van der Waals surface area contributed by atoms with Crippen molar-refractivity contribution in [2.45, 2.75) is 25.7 Å². The van der Waals surface area contributed by atoms with Gasteiger partial charge in [0, 0.05) is 29.7 Å². The van der Waals surface area contributed by atoms with Crippen molar-refractivity contribution in [3.05, 3.63) is 58.9 Å². The van der Waals surface area contributed by atoms with E-state index in [1.807, 2.05) is 29.2 Å². The molecule has 2 aromatic heterocycles. The Morgan fingerprint density at radius 1 is 1.30 bits per heavy atom. The number of hydrogen-bond acceptors (Lipinski definition) is 3. The van der Waals surface area contributed by atoms with Crippen LogP contribution < -0.4 is 0 Å². The summed E-state index contributed by atoms with van der Waals surface area (Å²) in [7, 11) is 0. The van der Waals surface area contributed by atoms with Crippen LogP contribution in [-0.2, 0) is 0 Å². The molecule has 0 unspecified atom stereocenters. The molecule has 4 nitrogen and oxygen atoms in total. The third-order valence-electron chi connectivity index (χ3n) is 4.23. The molecule has 0 aliphatic heterocycles. The molecule has 1 atom stereocenters. The molecule has 2 aliphatic carbocycles. The van der Waals surface area contributed by atoms with E-state index in [1.54, 1.807) is 6.20 Å². The van der Waals surface area contributed by atoms with E-state index >= 15 is 0 Å². The topological polar surface area (TPSA) is 50.9 Å². The Morgan fingerprint density at radius 2 is 2.20 bits per heavy atom. The van der Waals surface area contributed by atoms with Gasteiger partial charge in [0.2, 0.25) is 0 Å². The molecule has 2 aliphatic rings. The van der Waals surface area contributed by atoms with Crippen molar-refractivity contribution in [1.29, 1.82) is 0 Å². The van der Waals surface area contributed by atoms with E-state index < -0.39 is 0 Å². The second kappa shape index (κ2) is 4.07. The van der Waals surface area contributed by atoms with Crippen LogP contribution in [0.3, 0.4) is 0 Å². The van der Waals surface area contributed by atoms with Gasteiger partial charge >= 0.3 is 0 Å². The van der Waals surface area contributed by atoms with Crippen LogP contribution in [0.15, 0.2) is 47.6 Å². The predicted octanol–water partition coefficient (Wildman–Crippen LogP) is 3.37. The lowest BCUT2D eigenvalue weighted by Crippen LogP contribution is -2.08. The zero-order valence-electron chi connectivity index (χ0n) is 11.2. The average Bonchev–Trinajstić information content (AvgIpc) is 3.05. The van der Waals surface area contributed by atoms with Crippen molar-refractivity contribution in [2.24, 2.45) is 0 Å². The van der Waals surface area contributed by atoms with E-state index in [-0.39, 0.29) is 5.92 Å². The minimum atomic E-state index is 0.206. The van der Waals surface area contributed by atoms with Gasteiger partial charge in [-0.15, -0.1) is 0 Å².